The predicted molar refractivity (Wildman–Crippen MR) is 132 cm³/mol. The molecule has 5 aromatic rings. The minimum atomic E-state index is -0.937. The molecule has 0 aliphatic heterocycles. The number of halogens is 1. The van der Waals surface area contributed by atoms with Crippen LogP contribution < -0.4 is 5.46 Å². The molecule has 0 bridgehead atoms. The third kappa shape index (κ3) is 2.82. The summed E-state index contributed by atoms with van der Waals surface area (Å²) in [7, 11) is 1.59. The Bertz CT molecular complexity index is 1520. The first-order valence-corrected chi connectivity index (χ1v) is 10.7. The van der Waals surface area contributed by atoms with Crippen LogP contribution in [0.2, 0.25) is 0 Å². The van der Waals surface area contributed by atoms with Gasteiger partial charge in [-0.05, 0) is 44.7 Å². The van der Waals surface area contributed by atoms with E-state index < -0.39 is 23.0 Å². The van der Waals surface area contributed by atoms with Crippen molar-refractivity contribution in [1.29, 1.82) is 0 Å². The Hall–Kier alpha value is -3.98. The lowest BCUT2D eigenvalue weighted by molar-refractivity contribution is 0.350. The molecule has 9 heteroatoms. The van der Waals surface area contributed by atoms with E-state index >= 15 is 0 Å². The molecule has 0 aliphatic rings. The third-order valence-electron chi connectivity index (χ3n) is 5.87. The molecule has 0 unspecified atom stereocenters. The van der Waals surface area contributed by atoms with Crippen molar-refractivity contribution in [2.75, 3.05) is 0 Å². The van der Waals surface area contributed by atoms with Gasteiger partial charge in [0.15, 0.2) is 11.5 Å². The van der Waals surface area contributed by atoms with Crippen LogP contribution in [0.3, 0.4) is 0 Å². The highest BCUT2D eigenvalue weighted by Crippen LogP contribution is 2.55. The molecule has 0 aliphatic carbocycles. The fraction of sp³-hybridized carbons (Fsp3) is 0. The van der Waals surface area contributed by atoms with E-state index in [1.54, 1.807) is 20.0 Å². The lowest BCUT2D eigenvalue weighted by Crippen LogP contribution is -2.07. The Morgan fingerprint density at radius 2 is 1.18 bits per heavy atom. The first kappa shape index (κ1) is 20.9. The normalized spacial score (nSPS) is 11.4. The zero-order valence-corrected chi connectivity index (χ0v) is 18.8. The van der Waals surface area contributed by atoms with Crippen molar-refractivity contribution >= 4 is 51.0 Å². The zero-order chi connectivity index (χ0) is 23.6. The van der Waals surface area contributed by atoms with Crippen LogP contribution in [0, 0.1) is 0 Å². The highest BCUT2D eigenvalue weighted by molar-refractivity contribution is 9.10. The topological polar surface area (TPSA) is 126 Å². The summed E-state index contributed by atoms with van der Waals surface area (Å²) in [6.45, 7) is 0. The van der Waals surface area contributed by atoms with Crippen molar-refractivity contribution in [2.24, 2.45) is 0 Å². The van der Waals surface area contributed by atoms with Gasteiger partial charge in [-0.1, -0.05) is 42.5 Å². The summed E-state index contributed by atoms with van der Waals surface area (Å²) in [5, 5.41) is 63.8. The van der Waals surface area contributed by atoms with Crippen LogP contribution in [0.5, 0.6) is 34.5 Å². The first-order valence-electron chi connectivity index (χ1n) is 9.93. The molecule has 0 saturated carbocycles. The first-order chi connectivity index (χ1) is 15.7. The van der Waals surface area contributed by atoms with Crippen molar-refractivity contribution in [3.63, 3.8) is 0 Å². The minimum Gasteiger partial charge on any atom is -0.506 e. The van der Waals surface area contributed by atoms with Crippen molar-refractivity contribution < 1.29 is 30.6 Å². The van der Waals surface area contributed by atoms with E-state index in [1.807, 2.05) is 42.5 Å². The van der Waals surface area contributed by atoms with Crippen molar-refractivity contribution in [3.8, 4) is 51.3 Å². The maximum Gasteiger partial charge on any atom is 0.206 e. The van der Waals surface area contributed by atoms with E-state index in [0.717, 1.165) is 11.1 Å². The SMILES string of the molecule is Bc1c(Br)c(O)c2c3c(O)c(O)c(O)c(O)c3n(-c3cccc(-c4ccccc4)c3)c2c1O. The summed E-state index contributed by atoms with van der Waals surface area (Å²) in [5.74, 6) is -3.83. The maximum atomic E-state index is 11.1. The number of phenols is 6. The largest absolute Gasteiger partial charge is 0.506 e. The molecule has 4 aromatic carbocycles. The van der Waals surface area contributed by atoms with E-state index in [4.69, 9.17) is 0 Å². The van der Waals surface area contributed by atoms with Gasteiger partial charge < -0.3 is 35.2 Å². The van der Waals surface area contributed by atoms with Crippen molar-refractivity contribution in [2.45, 2.75) is 0 Å². The molecule has 0 radical (unpaired) electrons. The summed E-state index contributed by atoms with van der Waals surface area (Å²) in [4.78, 5) is 0. The number of fused-ring (bicyclic) bond motifs is 3. The average Bonchev–Trinajstić information content (AvgIpc) is 3.20. The summed E-state index contributed by atoms with van der Waals surface area (Å²) < 4.78 is 1.62. The molecule has 164 valence electrons. The molecule has 0 saturated heterocycles. The fourth-order valence-electron chi connectivity index (χ4n) is 4.22. The molecule has 5 rings (SSSR count). The monoisotopic (exact) mass is 505 g/mol. The number of rotatable bonds is 2. The fourth-order valence-corrected chi connectivity index (χ4v) is 4.61. The highest BCUT2D eigenvalue weighted by atomic mass is 79.9. The lowest BCUT2D eigenvalue weighted by atomic mass is 9.92. The van der Waals surface area contributed by atoms with Crippen LogP contribution in [-0.4, -0.2) is 43.1 Å². The molecule has 33 heavy (non-hydrogen) atoms. The molecular formula is C24H17BBrNO6. The Morgan fingerprint density at radius 3 is 1.88 bits per heavy atom. The number of hydrogen-bond acceptors (Lipinski definition) is 6. The van der Waals surface area contributed by atoms with E-state index in [2.05, 4.69) is 15.9 Å². The molecule has 0 atom stereocenters. The lowest BCUT2D eigenvalue weighted by Gasteiger charge is -2.14. The molecule has 0 amide bonds. The summed E-state index contributed by atoms with van der Waals surface area (Å²) >= 11 is 3.25. The highest BCUT2D eigenvalue weighted by Gasteiger charge is 2.30. The quantitative estimate of drug-likeness (QED) is 0.123. The number of phenolic OH excluding ortho intramolecular Hbond substituents is 6. The molecular weight excluding hydrogens is 489 g/mol. The minimum absolute atomic E-state index is 0.00631. The van der Waals surface area contributed by atoms with Crippen molar-refractivity contribution in [3.05, 3.63) is 59.1 Å². The average molecular weight is 506 g/mol. The van der Waals surface area contributed by atoms with Gasteiger partial charge in [-0.2, -0.15) is 0 Å². The summed E-state index contributed by atoms with van der Waals surface area (Å²) in [5.41, 5.74) is 2.57. The Labute approximate surface area is 196 Å². The van der Waals surface area contributed by atoms with Crippen LogP contribution in [0.25, 0.3) is 38.6 Å². The summed E-state index contributed by atoms with van der Waals surface area (Å²) in [6.07, 6.45) is 0. The van der Waals surface area contributed by atoms with Crippen LogP contribution >= 0.6 is 15.9 Å². The van der Waals surface area contributed by atoms with Gasteiger partial charge >= 0.3 is 0 Å². The van der Waals surface area contributed by atoms with Crippen LogP contribution in [0.4, 0.5) is 0 Å². The number of hydrogen-bond donors (Lipinski definition) is 6. The van der Waals surface area contributed by atoms with Gasteiger partial charge in [0.05, 0.1) is 20.8 Å². The second kappa shape index (κ2) is 7.28. The standard InChI is InChI=1S/C24H17BBrNO6/c25-15-16(26)19(28)13-14-18(22(31)24(33)23(32)20(14)29)27(17(13)21(15)30)12-8-4-7-11(9-12)10-5-2-1-3-6-10/h1-9,28-33H,25H2. The van der Waals surface area contributed by atoms with Crippen LogP contribution in [0.15, 0.2) is 59.1 Å². The van der Waals surface area contributed by atoms with Gasteiger partial charge in [0.1, 0.15) is 24.9 Å². The van der Waals surface area contributed by atoms with Gasteiger partial charge in [-0.15, -0.1) is 0 Å². The molecule has 6 N–H and O–H groups in total. The van der Waals surface area contributed by atoms with E-state index in [-0.39, 0.29) is 37.8 Å². The van der Waals surface area contributed by atoms with Gasteiger partial charge in [-0.3, -0.25) is 0 Å². The molecule has 0 fully saturated rings. The second-order valence-corrected chi connectivity index (χ2v) is 8.52. The van der Waals surface area contributed by atoms with E-state index in [0.29, 0.717) is 11.2 Å². The second-order valence-electron chi connectivity index (χ2n) is 7.73. The van der Waals surface area contributed by atoms with Crippen LogP contribution in [-0.2, 0) is 0 Å². The zero-order valence-electron chi connectivity index (χ0n) is 17.2. The smallest absolute Gasteiger partial charge is 0.206 e. The predicted octanol–water partition coefficient (Wildman–Crippen LogP) is 3.71. The molecule has 1 aromatic heterocycles. The van der Waals surface area contributed by atoms with Gasteiger partial charge in [0.25, 0.3) is 0 Å². The summed E-state index contributed by atoms with van der Waals surface area (Å²) in [6, 6.07) is 16.8. The maximum absolute atomic E-state index is 11.1. The number of benzene rings is 4. The Morgan fingerprint density at radius 1 is 0.606 bits per heavy atom. The van der Waals surface area contributed by atoms with E-state index in [9.17, 15) is 30.6 Å². The molecule has 7 nitrogen and oxygen atoms in total. The van der Waals surface area contributed by atoms with E-state index in [1.165, 1.54) is 4.57 Å². The Kier molecular flexibility index (Phi) is 4.61. The van der Waals surface area contributed by atoms with Gasteiger partial charge in [0, 0.05) is 5.69 Å². The van der Waals surface area contributed by atoms with Gasteiger partial charge in [0.2, 0.25) is 11.5 Å². The molecule has 1 heterocycles. The molecule has 0 spiro atoms. The van der Waals surface area contributed by atoms with Crippen LogP contribution in [0.1, 0.15) is 0 Å². The number of aromatic hydroxyl groups is 6. The van der Waals surface area contributed by atoms with Gasteiger partial charge in [-0.25, -0.2) is 0 Å². The third-order valence-corrected chi connectivity index (χ3v) is 6.84. The number of aromatic nitrogens is 1. The number of nitrogens with zero attached hydrogens (tertiary/aromatic N) is 1. The Balaban J connectivity index is 2.02. The van der Waals surface area contributed by atoms with Crippen molar-refractivity contribution in [1.82, 2.24) is 4.57 Å².